The van der Waals surface area contributed by atoms with Crippen LogP contribution < -0.4 is 14.8 Å². The quantitative estimate of drug-likeness (QED) is 0.633. The Balaban J connectivity index is 2.75. The van der Waals surface area contributed by atoms with Crippen LogP contribution in [0.1, 0.15) is 19.4 Å². The number of carbonyl (C=O) groups excluding carboxylic acids is 2. The lowest BCUT2D eigenvalue weighted by Gasteiger charge is -2.10. The molecule has 18 heavy (non-hydrogen) atoms. The second kappa shape index (κ2) is 6.64. The smallest absolute Gasteiger partial charge is 0.308 e. The second-order valence-corrected chi connectivity index (χ2v) is 3.81. The SMILES string of the molecule is COc1ccc(CCNC(C)=O)cc1OC(C)=O. The minimum atomic E-state index is -0.396. The molecule has 1 aromatic carbocycles. The molecule has 0 aliphatic rings. The van der Waals surface area contributed by atoms with Crippen LogP contribution >= 0.6 is 0 Å². The summed E-state index contributed by atoms with van der Waals surface area (Å²) in [7, 11) is 1.51. The normalized spacial score (nSPS) is 9.72. The molecular formula is C13H17NO4. The van der Waals surface area contributed by atoms with E-state index in [4.69, 9.17) is 9.47 Å². The summed E-state index contributed by atoms with van der Waals surface area (Å²) in [4.78, 5) is 21.7. The second-order valence-electron chi connectivity index (χ2n) is 3.81. The molecule has 98 valence electrons. The summed E-state index contributed by atoms with van der Waals surface area (Å²) in [5, 5.41) is 2.70. The zero-order valence-corrected chi connectivity index (χ0v) is 10.8. The molecule has 0 radical (unpaired) electrons. The highest BCUT2D eigenvalue weighted by Crippen LogP contribution is 2.28. The van der Waals surface area contributed by atoms with Gasteiger partial charge in [-0.2, -0.15) is 0 Å². The van der Waals surface area contributed by atoms with Gasteiger partial charge in [-0.15, -0.1) is 0 Å². The highest BCUT2D eigenvalue weighted by Gasteiger charge is 2.08. The van der Waals surface area contributed by atoms with Crippen LogP contribution in [0.4, 0.5) is 0 Å². The topological polar surface area (TPSA) is 64.6 Å². The molecule has 5 heteroatoms. The molecule has 0 fully saturated rings. The third-order valence-electron chi connectivity index (χ3n) is 2.27. The first kappa shape index (κ1) is 14.0. The van der Waals surface area contributed by atoms with Gasteiger partial charge in [0.1, 0.15) is 0 Å². The maximum atomic E-state index is 11.0. The van der Waals surface area contributed by atoms with Crippen LogP contribution in [0, 0.1) is 0 Å². The number of esters is 1. The Labute approximate surface area is 106 Å². The Bertz CT molecular complexity index is 443. The van der Waals surface area contributed by atoms with E-state index < -0.39 is 5.97 Å². The van der Waals surface area contributed by atoms with Gasteiger partial charge in [-0.3, -0.25) is 9.59 Å². The number of methoxy groups -OCH3 is 1. The van der Waals surface area contributed by atoms with Crippen molar-refractivity contribution in [2.45, 2.75) is 20.3 Å². The van der Waals surface area contributed by atoms with Crippen molar-refractivity contribution in [3.05, 3.63) is 23.8 Å². The predicted molar refractivity (Wildman–Crippen MR) is 66.7 cm³/mol. The number of ether oxygens (including phenoxy) is 2. The van der Waals surface area contributed by atoms with Gasteiger partial charge in [0.2, 0.25) is 5.91 Å². The van der Waals surface area contributed by atoms with Crippen LogP contribution in [0.2, 0.25) is 0 Å². The van der Waals surface area contributed by atoms with Gasteiger partial charge in [0.15, 0.2) is 11.5 Å². The fraction of sp³-hybridized carbons (Fsp3) is 0.385. The van der Waals surface area contributed by atoms with Crippen LogP contribution in [0.15, 0.2) is 18.2 Å². The highest BCUT2D eigenvalue weighted by molar-refractivity contribution is 5.72. The number of amides is 1. The Morgan fingerprint density at radius 1 is 1.22 bits per heavy atom. The number of carbonyl (C=O) groups is 2. The summed E-state index contributed by atoms with van der Waals surface area (Å²) in [6.07, 6.45) is 0.665. The Kier molecular flexibility index (Phi) is 5.17. The first-order valence-electron chi connectivity index (χ1n) is 5.62. The van der Waals surface area contributed by atoms with E-state index in [0.29, 0.717) is 24.5 Å². The summed E-state index contributed by atoms with van der Waals surface area (Å²) < 4.78 is 10.2. The molecule has 1 aromatic rings. The molecule has 0 saturated carbocycles. The van der Waals surface area contributed by atoms with Crippen LogP contribution in [0.5, 0.6) is 11.5 Å². The van der Waals surface area contributed by atoms with Gasteiger partial charge in [-0.1, -0.05) is 6.07 Å². The van der Waals surface area contributed by atoms with Crippen molar-refractivity contribution >= 4 is 11.9 Å². The lowest BCUT2D eigenvalue weighted by Crippen LogP contribution is -2.22. The molecule has 1 N–H and O–H groups in total. The van der Waals surface area contributed by atoms with E-state index in [1.165, 1.54) is 21.0 Å². The zero-order valence-electron chi connectivity index (χ0n) is 10.8. The maximum Gasteiger partial charge on any atom is 0.308 e. The Morgan fingerprint density at radius 3 is 2.50 bits per heavy atom. The lowest BCUT2D eigenvalue weighted by atomic mass is 10.1. The van der Waals surface area contributed by atoms with Crippen LogP contribution in [0.25, 0.3) is 0 Å². The molecule has 0 bridgehead atoms. The molecule has 0 aliphatic carbocycles. The van der Waals surface area contributed by atoms with Crippen molar-refractivity contribution in [1.29, 1.82) is 0 Å². The third kappa shape index (κ3) is 4.45. The summed E-state index contributed by atoms with van der Waals surface area (Å²) in [6, 6.07) is 5.34. The van der Waals surface area contributed by atoms with Crippen LogP contribution in [-0.4, -0.2) is 25.5 Å². The van der Waals surface area contributed by atoms with Gasteiger partial charge in [0.05, 0.1) is 7.11 Å². The van der Waals surface area contributed by atoms with Crippen molar-refractivity contribution in [1.82, 2.24) is 5.32 Å². The van der Waals surface area contributed by atoms with E-state index in [-0.39, 0.29) is 5.91 Å². The molecule has 0 aliphatic heterocycles. The van der Waals surface area contributed by atoms with E-state index in [1.54, 1.807) is 12.1 Å². The number of rotatable bonds is 5. The van der Waals surface area contributed by atoms with Crippen molar-refractivity contribution in [3.63, 3.8) is 0 Å². The molecule has 0 spiro atoms. The molecule has 0 atom stereocenters. The van der Waals surface area contributed by atoms with Gasteiger partial charge in [-0.25, -0.2) is 0 Å². The first-order chi connectivity index (χ1) is 8.52. The van der Waals surface area contributed by atoms with E-state index in [0.717, 1.165) is 5.56 Å². The van der Waals surface area contributed by atoms with E-state index >= 15 is 0 Å². The van der Waals surface area contributed by atoms with Crippen molar-refractivity contribution in [3.8, 4) is 11.5 Å². The average Bonchev–Trinajstić information content (AvgIpc) is 2.28. The number of hydrogen-bond donors (Lipinski definition) is 1. The van der Waals surface area contributed by atoms with Gasteiger partial charge in [0.25, 0.3) is 0 Å². The predicted octanol–water partition coefficient (Wildman–Crippen LogP) is 1.30. The minimum absolute atomic E-state index is 0.0660. The minimum Gasteiger partial charge on any atom is -0.493 e. The molecule has 1 amide bonds. The van der Waals surface area contributed by atoms with E-state index in [9.17, 15) is 9.59 Å². The largest absolute Gasteiger partial charge is 0.493 e. The zero-order chi connectivity index (χ0) is 13.5. The van der Waals surface area contributed by atoms with Crippen molar-refractivity contribution < 1.29 is 19.1 Å². The molecule has 1 rings (SSSR count). The molecule has 0 aromatic heterocycles. The molecule has 0 saturated heterocycles. The number of nitrogens with one attached hydrogen (secondary N) is 1. The van der Waals surface area contributed by atoms with Crippen LogP contribution in [0.3, 0.4) is 0 Å². The summed E-state index contributed by atoms with van der Waals surface area (Å²) in [5.74, 6) is 0.440. The van der Waals surface area contributed by atoms with Crippen LogP contribution in [-0.2, 0) is 16.0 Å². The molecule has 0 unspecified atom stereocenters. The standard InChI is InChI=1S/C13H17NO4/c1-9(15)14-7-6-11-4-5-12(17-3)13(8-11)18-10(2)16/h4-5,8H,6-7H2,1-3H3,(H,14,15). The first-order valence-corrected chi connectivity index (χ1v) is 5.62. The molecule has 5 nitrogen and oxygen atoms in total. The average molecular weight is 251 g/mol. The van der Waals surface area contributed by atoms with Gasteiger partial charge in [0, 0.05) is 20.4 Å². The number of benzene rings is 1. The van der Waals surface area contributed by atoms with Gasteiger partial charge in [-0.05, 0) is 24.1 Å². The summed E-state index contributed by atoms with van der Waals surface area (Å²) in [6.45, 7) is 3.35. The van der Waals surface area contributed by atoms with Gasteiger partial charge < -0.3 is 14.8 Å². The van der Waals surface area contributed by atoms with Crippen molar-refractivity contribution in [2.24, 2.45) is 0 Å². The monoisotopic (exact) mass is 251 g/mol. The Morgan fingerprint density at radius 2 is 1.94 bits per heavy atom. The highest BCUT2D eigenvalue weighted by atomic mass is 16.6. The van der Waals surface area contributed by atoms with E-state index in [1.807, 2.05) is 6.07 Å². The summed E-state index contributed by atoms with van der Waals surface area (Å²) in [5.41, 5.74) is 0.959. The summed E-state index contributed by atoms with van der Waals surface area (Å²) >= 11 is 0. The Hall–Kier alpha value is -2.04. The third-order valence-corrected chi connectivity index (χ3v) is 2.27. The fourth-order valence-electron chi connectivity index (χ4n) is 1.49. The molecule has 0 heterocycles. The van der Waals surface area contributed by atoms with E-state index in [2.05, 4.69) is 5.32 Å². The van der Waals surface area contributed by atoms with Gasteiger partial charge >= 0.3 is 5.97 Å². The maximum absolute atomic E-state index is 11.0. The van der Waals surface area contributed by atoms with Crippen molar-refractivity contribution in [2.75, 3.05) is 13.7 Å². The number of hydrogen-bond acceptors (Lipinski definition) is 4. The lowest BCUT2D eigenvalue weighted by molar-refractivity contribution is -0.132. The fourth-order valence-corrected chi connectivity index (χ4v) is 1.49. The molecular weight excluding hydrogens is 234 g/mol.